The van der Waals surface area contributed by atoms with Crippen LogP contribution in [0.15, 0.2) is 36.1 Å². The van der Waals surface area contributed by atoms with Gasteiger partial charge in [0.05, 0.1) is 26.1 Å². The second-order valence-corrected chi connectivity index (χ2v) is 7.38. The standard InChI is InChI=1S/C20H26N2O3/c1-24-12-15(19(23)25-2)14-7-9-22-10-8-20(18(22)11-14)13-21-17-6-4-3-5-16(17)20/h3-6,12,14,18,21H,7-11,13H2,1-2H3/b15-12+/t14-,18-,20+/m0/s1. The van der Waals surface area contributed by atoms with Crippen LogP contribution in [0.4, 0.5) is 5.69 Å². The maximum atomic E-state index is 12.2. The third-order valence-electron chi connectivity index (χ3n) is 6.36. The van der Waals surface area contributed by atoms with Gasteiger partial charge in [0.1, 0.15) is 0 Å². The monoisotopic (exact) mass is 342 g/mol. The number of nitrogens with one attached hydrogen (secondary N) is 1. The van der Waals surface area contributed by atoms with Gasteiger partial charge in [-0.3, -0.25) is 4.90 Å². The van der Waals surface area contributed by atoms with Gasteiger partial charge in [-0.25, -0.2) is 4.79 Å². The summed E-state index contributed by atoms with van der Waals surface area (Å²) < 4.78 is 10.2. The summed E-state index contributed by atoms with van der Waals surface area (Å²) in [4.78, 5) is 14.8. The Bertz CT molecular complexity index is 702. The minimum atomic E-state index is -0.266. The van der Waals surface area contributed by atoms with E-state index in [2.05, 4.69) is 34.5 Å². The molecule has 0 unspecified atom stereocenters. The fourth-order valence-electron chi connectivity index (χ4n) is 5.14. The van der Waals surface area contributed by atoms with Crippen LogP contribution in [0.2, 0.25) is 0 Å². The van der Waals surface area contributed by atoms with E-state index < -0.39 is 0 Å². The van der Waals surface area contributed by atoms with E-state index in [9.17, 15) is 4.79 Å². The van der Waals surface area contributed by atoms with Crippen LogP contribution >= 0.6 is 0 Å². The van der Waals surface area contributed by atoms with Gasteiger partial charge < -0.3 is 14.8 Å². The maximum Gasteiger partial charge on any atom is 0.337 e. The summed E-state index contributed by atoms with van der Waals surface area (Å²) in [6, 6.07) is 9.14. The van der Waals surface area contributed by atoms with Crippen molar-refractivity contribution in [3.05, 3.63) is 41.7 Å². The lowest BCUT2D eigenvalue weighted by molar-refractivity contribution is -0.137. The molecule has 1 aromatic carbocycles. The van der Waals surface area contributed by atoms with Crippen molar-refractivity contribution in [2.75, 3.05) is 39.2 Å². The summed E-state index contributed by atoms with van der Waals surface area (Å²) in [5.41, 5.74) is 3.54. The zero-order valence-electron chi connectivity index (χ0n) is 15.0. The Morgan fingerprint density at radius 3 is 2.96 bits per heavy atom. The van der Waals surface area contributed by atoms with Gasteiger partial charge in [-0.1, -0.05) is 18.2 Å². The summed E-state index contributed by atoms with van der Waals surface area (Å²) in [5, 5.41) is 3.61. The van der Waals surface area contributed by atoms with Gasteiger partial charge in [-0.05, 0) is 49.9 Å². The Balaban J connectivity index is 1.64. The highest BCUT2D eigenvalue weighted by Gasteiger charge is 2.53. The van der Waals surface area contributed by atoms with E-state index in [1.165, 1.54) is 24.8 Å². The van der Waals surface area contributed by atoms with Crippen LogP contribution in [0.25, 0.3) is 0 Å². The quantitative estimate of drug-likeness (QED) is 0.520. The van der Waals surface area contributed by atoms with Crippen molar-refractivity contribution < 1.29 is 14.3 Å². The first-order valence-electron chi connectivity index (χ1n) is 9.08. The molecule has 0 bridgehead atoms. The molecule has 1 N–H and O–H groups in total. The molecule has 5 nitrogen and oxygen atoms in total. The zero-order chi connectivity index (χ0) is 17.4. The first-order valence-corrected chi connectivity index (χ1v) is 9.08. The van der Waals surface area contributed by atoms with Gasteiger partial charge in [-0.15, -0.1) is 0 Å². The molecule has 134 valence electrons. The van der Waals surface area contributed by atoms with Crippen LogP contribution in [-0.4, -0.2) is 50.8 Å². The lowest BCUT2D eigenvalue weighted by Crippen LogP contribution is -2.49. The number of anilines is 1. The van der Waals surface area contributed by atoms with Gasteiger partial charge in [0.15, 0.2) is 0 Å². The van der Waals surface area contributed by atoms with Gasteiger partial charge in [0, 0.05) is 23.7 Å². The Labute approximate surface area is 149 Å². The molecule has 0 aliphatic carbocycles. The summed E-state index contributed by atoms with van der Waals surface area (Å²) >= 11 is 0. The number of esters is 1. The van der Waals surface area contributed by atoms with E-state index in [1.54, 1.807) is 13.4 Å². The molecule has 4 rings (SSSR count). The molecule has 3 aliphatic heterocycles. The SMILES string of the molecule is CO/C=C(/C(=O)OC)[C@H]1CCN2CC[C@]3(CNc4ccccc43)[C@@H]2C1. The molecule has 2 saturated heterocycles. The number of rotatable bonds is 3. The van der Waals surface area contributed by atoms with Crippen molar-refractivity contribution in [3.8, 4) is 0 Å². The minimum Gasteiger partial charge on any atom is -0.504 e. The summed E-state index contributed by atoms with van der Waals surface area (Å²) in [6.07, 6.45) is 4.71. The van der Waals surface area contributed by atoms with Gasteiger partial charge in [-0.2, -0.15) is 0 Å². The molecule has 1 spiro atoms. The number of carbonyl (C=O) groups is 1. The average Bonchev–Trinajstić information content (AvgIpc) is 3.22. The van der Waals surface area contributed by atoms with E-state index in [0.29, 0.717) is 11.6 Å². The highest BCUT2D eigenvalue weighted by atomic mass is 16.5. The molecular weight excluding hydrogens is 316 g/mol. The van der Waals surface area contributed by atoms with Crippen molar-refractivity contribution in [3.63, 3.8) is 0 Å². The van der Waals surface area contributed by atoms with Crippen molar-refractivity contribution >= 4 is 11.7 Å². The predicted octanol–water partition coefficient (Wildman–Crippen LogP) is 2.54. The lowest BCUT2D eigenvalue weighted by atomic mass is 9.70. The van der Waals surface area contributed by atoms with E-state index in [-0.39, 0.29) is 17.3 Å². The first-order chi connectivity index (χ1) is 12.2. The predicted molar refractivity (Wildman–Crippen MR) is 96.4 cm³/mol. The molecule has 2 fully saturated rings. The molecule has 0 radical (unpaired) electrons. The normalized spacial score (nSPS) is 31.4. The van der Waals surface area contributed by atoms with Crippen molar-refractivity contribution in [1.29, 1.82) is 0 Å². The van der Waals surface area contributed by atoms with E-state index in [0.717, 1.165) is 32.5 Å². The first kappa shape index (κ1) is 16.5. The topological polar surface area (TPSA) is 50.8 Å². The largest absolute Gasteiger partial charge is 0.504 e. The van der Waals surface area contributed by atoms with Crippen molar-refractivity contribution in [2.45, 2.75) is 30.7 Å². The second kappa shape index (κ2) is 6.37. The third-order valence-corrected chi connectivity index (χ3v) is 6.36. The maximum absolute atomic E-state index is 12.2. The van der Waals surface area contributed by atoms with Crippen LogP contribution in [-0.2, 0) is 19.7 Å². The Morgan fingerprint density at radius 2 is 2.16 bits per heavy atom. The van der Waals surface area contributed by atoms with Crippen LogP contribution in [0.3, 0.4) is 0 Å². The molecule has 3 heterocycles. The fraction of sp³-hybridized carbons (Fsp3) is 0.550. The summed E-state index contributed by atoms with van der Waals surface area (Å²) in [7, 11) is 3.03. The molecule has 0 amide bonds. The number of para-hydroxylation sites is 1. The van der Waals surface area contributed by atoms with Gasteiger partial charge in [0.25, 0.3) is 0 Å². The van der Waals surface area contributed by atoms with Crippen molar-refractivity contribution in [2.24, 2.45) is 5.92 Å². The molecule has 25 heavy (non-hydrogen) atoms. The number of methoxy groups -OCH3 is 2. The number of hydrogen-bond acceptors (Lipinski definition) is 5. The average molecular weight is 342 g/mol. The number of ether oxygens (including phenoxy) is 2. The van der Waals surface area contributed by atoms with Crippen molar-refractivity contribution in [1.82, 2.24) is 4.90 Å². The molecule has 0 saturated carbocycles. The summed E-state index contributed by atoms with van der Waals surface area (Å²) in [5.74, 6) is -0.0753. The summed E-state index contributed by atoms with van der Waals surface area (Å²) in [6.45, 7) is 3.15. The fourth-order valence-corrected chi connectivity index (χ4v) is 5.14. The number of piperidine rings is 1. The molecule has 5 heteroatoms. The Hall–Kier alpha value is -2.01. The number of fused-ring (bicyclic) bond motifs is 4. The molecule has 1 aromatic rings. The third kappa shape index (κ3) is 2.53. The van der Waals surface area contributed by atoms with Gasteiger partial charge in [0.2, 0.25) is 0 Å². The van der Waals surface area contributed by atoms with Gasteiger partial charge >= 0.3 is 5.97 Å². The second-order valence-electron chi connectivity index (χ2n) is 7.38. The van der Waals surface area contributed by atoms with Crippen LogP contribution in [0, 0.1) is 5.92 Å². The molecule has 3 aliphatic rings. The van der Waals surface area contributed by atoms with E-state index >= 15 is 0 Å². The zero-order valence-corrected chi connectivity index (χ0v) is 15.0. The molecular formula is C20H26N2O3. The molecule has 3 atom stereocenters. The Morgan fingerprint density at radius 1 is 1.32 bits per heavy atom. The lowest BCUT2D eigenvalue weighted by Gasteiger charge is -2.42. The van der Waals surface area contributed by atoms with E-state index in [1.807, 2.05) is 0 Å². The smallest absolute Gasteiger partial charge is 0.337 e. The minimum absolute atomic E-state index is 0.156. The number of benzene rings is 1. The highest BCUT2D eigenvalue weighted by molar-refractivity contribution is 5.88. The number of nitrogens with zero attached hydrogens (tertiary/aromatic N) is 1. The Kier molecular flexibility index (Phi) is 4.20. The van der Waals surface area contributed by atoms with Crippen LogP contribution < -0.4 is 5.32 Å². The highest BCUT2D eigenvalue weighted by Crippen LogP contribution is 2.51. The van der Waals surface area contributed by atoms with E-state index in [4.69, 9.17) is 9.47 Å². The number of hydrogen-bond donors (Lipinski definition) is 1. The van der Waals surface area contributed by atoms with Crippen LogP contribution in [0.5, 0.6) is 0 Å². The molecule has 0 aromatic heterocycles. The number of carbonyl (C=O) groups excluding carboxylic acids is 1. The van der Waals surface area contributed by atoms with Crippen LogP contribution in [0.1, 0.15) is 24.8 Å².